The molecule has 148 valence electrons. The number of carbonyl (C=O) groups is 1. The molecule has 0 aromatic heterocycles. The molecule has 1 aromatic carbocycles. The number of benzene rings is 1. The molecule has 0 saturated carbocycles. The summed E-state index contributed by atoms with van der Waals surface area (Å²) in [5.74, 6) is 1.43. The summed E-state index contributed by atoms with van der Waals surface area (Å²) >= 11 is 8.69. The Hall–Kier alpha value is -1.05. The van der Waals surface area contributed by atoms with Crippen molar-refractivity contribution in [2.45, 2.75) is 40.5 Å². The van der Waals surface area contributed by atoms with E-state index in [0.717, 1.165) is 23.2 Å². The van der Waals surface area contributed by atoms with Gasteiger partial charge in [-0.1, -0.05) is 75.6 Å². The minimum absolute atomic E-state index is 0.123. The molecule has 0 bridgehead atoms. The lowest BCUT2D eigenvalue weighted by Gasteiger charge is -2.39. The summed E-state index contributed by atoms with van der Waals surface area (Å²) in [7, 11) is 0. The van der Waals surface area contributed by atoms with E-state index in [-0.39, 0.29) is 17.1 Å². The topological polar surface area (TPSA) is 41.9 Å². The van der Waals surface area contributed by atoms with Crippen LogP contribution in [0, 0.1) is 5.41 Å². The van der Waals surface area contributed by atoms with Crippen LogP contribution in [0.3, 0.4) is 0 Å². The van der Waals surface area contributed by atoms with Gasteiger partial charge in [0.25, 0.3) is 0 Å². The monoisotopic (exact) mass is 424 g/mol. The lowest BCUT2D eigenvalue weighted by atomic mass is 9.96. The molecule has 0 N–H and O–H groups in total. The number of thiocarbonyl (C=S) groups is 1. The molecule has 0 amide bonds. The predicted octanol–water partition coefficient (Wildman–Crippen LogP) is 5.45. The summed E-state index contributed by atoms with van der Waals surface area (Å²) in [5, 5.41) is 0.900. The van der Waals surface area contributed by atoms with Crippen molar-refractivity contribution in [3.8, 4) is 0 Å². The number of hydrogen-bond donors (Lipinski definition) is 0. The molecule has 2 rings (SSSR count). The molecular weight excluding hydrogens is 396 g/mol. The summed E-state index contributed by atoms with van der Waals surface area (Å²) in [5.41, 5.74) is 2.33. The van der Waals surface area contributed by atoms with Crippen LogP contribution in [-0.4, -0.2) is 45.0 Å². The maximum absolute atomic E-state index is 11.7. The SMILES string of the molecule is CCOC(=O)CSC(=S)N1CC(C)(C)CSC1=Nc1cccc(C(C)C)c1. The summed E-state index contributed by atoms with van der Waals surface area (Å²) in [6.45, 7) is 11.8. The van der Waals surface area contributed by atoms with E-state index in [1.165, 1.54) is 17.3 Å². The number of esters is 1. The lowest BCUT2D eigenvalue weighted by molar-refractivity contribution is -0.139. The van der Waals surface area contributed by atoms with E-state index in [1.807, 2.05) is 12.1 Å². The molecule has 1 aromatic rings. The van der Waals surface area contributed by atoms with Gasteiger partial charge >= 0.3 is 5.97 Å². The van der Waals surface area contributed by atoms with Crippen LogP contribution in [0.4, 0.5) is 5.69 Å². The van der Waals surface area contributed by atoms with Gasteiger partial charge in [0, 0.05) is 12.3 Å². The first-order valence-electron chi connectivity index (χ1n) is 9.13. The molecule has 4 nitrogen and oxygen atoms in total. The van der Waals surface area contributed by atoms with Gasteiger partial charge in [-0.05, 0) is 36.0 Å². The Morgan fingerprint density at radius 3 is 2.85 bits per heavy atom. The Bertz CT molecular complexity index is 717. The molecule has 0 radical (unpaired) electrons. The van der Waals surface area contributed by atoms with Gasteiger partial charge in [-0.3, -0.25) is 4.79 Å². The van der Waals surface area contributed by atoms with Crippen molar-refractivity contribution in [3.63, 3.8) is 0 Å². The smallest absolute Gasteiger partial charge is 0.316 e. The van der Waals surface area contributed by atoms with E-state index >= 15 is 0 Å². The van der Waals surface area contributed by atoms with Gasteiger partial charge in [-0.2, -0.15) is 0 Å². The molecule has 1 saturated heterocycles. The second-order valence-corrected chi connectivity index (χ2v) is 10.1. The molecule has 0 atom stereocenters. The van der Waals surface area contributed by atoms with Crippen LogP contribution in [-0.2, 0) is 9.53 Å². The molecule has 0 aliphatic carbocycles. The molecule has 1 aliphatic rings. The predicted molar refractivity (Wildman–Crippen MR) is 122 cm³/mol. The van der Waals surface area contributed by atoms with Gasteiger partial charge in [0.15, 0.2) is 5.17 Å². The van der Waals surface area contributed by atoms with Crippen LogP contribution in [0.25, 0.3) is 0 Å². The summed E-state index contributed by atoms with van der Waals surface area (Å²) in [4.78, 5) is 18.6. The summed E-state index contributed by atoms with van der Waals surface area (Å²) < 4.78 is 5.67. The first-order valence-corrected chi connectivity index (χ1v) is 11.5. The molecule has 0 unspecified atom stereocenters. The zero-order valence-corrected chi connectivity index (χ0v) is 19.1. The van der Waals surface area contributed by atoms with Gasteiger partial charge in [-0.15, -0.1) is 0 Å². The zero-order chi connectivity index (χ0) is 20.0. The summed E-state index contributed by atoms with van der Waals surface area (Å²) in [6.07, 6.45) is 0. The first-order chi connectivity index (χ1) is 12.7. The Kier molecular flexibility index (Phi) is 8.19. The second-order valence-electron chi connectivity index (χ2n) is 7.54. The fraction of sp³-hybridized carbons (Fsp3) is 0.550. The van der Waals surface area contributed by atoms with E-state index < -0.39 is 0 Å². The highest BCUT2D eigenvalue weighted by molar-refractivity contribution is 8.23. The molecule has 1 fully saturated rings. The number of aliphatic imine (C=N–C) groups is 1. The first kappa shape index (κ1) is 22.2. The molecule has 1 aliphatic heterocycles. The van der Waals surface area contributed by atoms with Crippen molar-refractivity contribution >= 4 is 56.9 Å². The largest absolute Gasteiger partial charge is 0.465 e. The van der Waals surface area contributed by atoms with Gasteiger partial charge < -0.3 is 9.64 Å². The van der Waals surface area contributed by atoms with Gasteiger partial charge in [0.1, 0.15) is 4.32 Å². The molecular formula is C20H28N2O2S3. The van der Waals surface area contributed by atoms with Crippen molar-refractivity contribution < 1.29 is 9.53 Å². The van der Waals surface area contributed by atoms with Crippen molar-refractivity contribution in [1.29, 1.82) is 0 Å². The van der Waals surface area contributed by atoms with Crippen molar-refractivity contribution in [3.05, 3.63) is 29.8 Å². The van der Waals surface area contributed by atoms with Crippen LogP contribution in [0.1, 0.15) is 46.1 Å². The third kappa shape index (κ3) is 6.80. The van der Waals surface area contributed by atoms with Crippen LogP contribution >= 0.6 is 35.7 Å². The number of carbonyl (C=O) groups excluding carboxylic acids is 1. The highest BCUT2D eigenvalue weighted by atomic mass is 32.2. The average Bonchev–Trinajstić information content (AvgIpc) is 2.61. The van der Waals surface area contributed by atoms with E-state index in [2.05, 4.69) is 44.7 Å². The Balaban J connectivity index is 2.20. The number of hydrogen-bond acceptors (Lipinski definition) is 6. The molecule has 7 heteroatoms. The highest BCUT2D eigenvalue weighted by Crippen LogP contribution is 2.34. The third-order valence-electron chi connectivity index (χ3n) is 4.01. The van der Waals surface area contributed by atoms with Crippen LogP contribution in [0.5, 0.6) is 0 Å². The summed E-state index contributed by atoms with van der Waals surface area (Å²) in [6, 6.07) is 8.32. The fourth-order valence-corrected chi connectivity index (χ4v) is 4.75. The maximum Gasteiger partial charge on any atom is 0.316 e. The number of ether oxygens (including phenoxy) is 1. The van der Waals surface area contributed by atoms with Gasteiger partial charge in [0.05, 0.1) is 18.0 Å². The van der Waals surface area contributed by atoms with Crippen molar-refractivity contribution in [2.24, 2.45) is 10.4 Å². The lowest BCUT2D eigenvalue weighted by Crippen LogP contribution is -2.45. The van der Waals surface area contributed by atoms with E-state index in [4.69, 9.17) is 21.9 Å². The average molecular weight is 425 g/mol. The molecule has 1 heterocycles. The van der Waals surface area contributed by atoms with Gasteiger partial charge in [-0.25, -0.2) is 4.99 Å². The normalized spacial score (nSPS) is 18.0. The van der Waals surface area contributed by atoms with Gasteiger partial charge in [0.2, 0.25) is 0 Å². The van der Waals surface area contributed by atoms with Crippen LogP contribution < -0.4 is 0 Å². The Morgan fingerprint density at radius 2 is 2.19 bits per heavy atom. The van der Waals surface area contributed by atoms with E-state index in [9.17, 15) is 4.79 Å². The quantitative estimate of drug-likeness (QED) is 0.462. The number of thioether (sulfide) groups is 2. The standard InChI is InChI=1S/C20H28N2O2S3/c1-6-24-17(23)11-26-19(25)22-12-20(4,5)13-27-18(22)21-16-9-7-8-15(10-16)14(2)3/h7-10,14H,6,11-13H2,1-5H3. The maximum atomic E-state index is 11.7. The zero-order valence-electron chi connectivity index (χ0n) is 16.7. The number of rotatable bonds is 5. The van der Waals surface area contributed by atoms with Crippen LogP contribution in [0.2, 0.25) is 0 Å². The third-order valence-corrected chi connectivity index (χ3v) is 6.93. The van der Waals surface area contributed by atoms with E-state index in [0.29, 0.717) is 16.8 Å². The van der Waals surface area contributed by atoms with Crippen molar-refractivity contribution in [2.75, 3.05) is 24.7 Å². The van der Waals surface area contributed by atoms with Crippen molar-refractivity contribution in [1.82, 2.24) is 4.90 Å². The van der Waals surface area contributed by atoms with E-state index in [1.54, 1.807) is 18.7 Å². The van der Waals surface area contributed by atoms with Crippen LogP contribution in [0.15, 0.2) is 29.3 Å². The fourth-order valence-electron chi connectivity index (χ4n) is 2.58. The highest BCUT2D eigenvalue weighted by Gasteiger charge is 2.33. The Labute approximate surface area is 176 Å². The minimum Gasteiger partial charge on any atom is -0.465 e. The number of amidine groups is 1. The molecule has 27 heavy (non-hydrogen) atoms. The molecule has 0 spiro atoms. The number of nitrogens with zero attached hydrogens (tertiary/aromatic N) is 2. The minimum atomic E-state index is -0.239. The Morgan fingerprint density at radius 1 is 1.44 bits per heavy atom. The second kappa shape index (κ2) is 9.94.